The Balaban J connectivity index is 1.20. The van der Waals surface area contributed by atoms with Gasteiger partial charge in [0, 0.05) is 56.4 Å². The van der Waals surface area contributed by atoms with Crippen LogP contribution in [0.3, 0.4) is 0 Å². The van der Waals surface area contributed by atoms with Gasteiger partial charge in [-0.3, -0.25) is 0 Å². The molecule has 9 heteroatoms. The SMILES string of the molecule is O=S(=O)(NCCCc1c[nH]c2ccc(F)cc12)c1ccc(OCCCN2CCNCC2)cc1. The zero-order chi connectivity index (χ0) is 23.1. The van der Waals surface area contributed by atoms with Crippen LogP contribution in [0.1, 0.15) is 18.4 Å². The molecule has 0 saturated carbocycles. The van der Waals surface area contributed by atoms with E-state index in [4.69, 9.17) is 4.74 Å². The minimum atomic E-state index is -3.59. The maximum Gasteiger partial charge on any atom is 0.240 e. The summed E-state index contributed by atoms with van der Waals surface area (Å²) in [6, 6.07) is 11.1. The molecule has 33 heavy (non-hydrogen) atoms. The quantitative estimate of drug-likeness (QED) is 0.372. The summed E-state index contributed by atoms with van der Waals surface area (Å²) in [5.74, 6) is 0.386. The standard InChI is InChI=1S/C24H31FN4O3S/c25-20-4-9-24-23(17-20)19(18-27-24)3-1-10-28-33(30,31)22-7-5-21(6-8-22)32-16-2-13-29-14-11-26-12-15-29/h4-9,17-18,26-28H,1-3,10-16H2. The van der Waals surface area contributed by atoms with Crippen molar-refractivity contribution in [3.05, 3.63) is 60.0 Å². The molecule has 4 rings (SSSR count). The number of hydrogen-bond donors (Lipinski definition) is 3. The Labute approximate surface area is 194 Å². The number of rotatable bonds is 11. The first-order chi connectivity index (χ1) is 16.0. The third-order valence-electron chi connectivity index (χ3n) is 5.88. The Morgan fingerprint density at radius 1 is 1.06 bits per heavy atom. The van der Waals surface area contributed by atoms with Gasteiger partial charge in [0.05, 0.1) is 11.5 Å². The summed E-state index contributed by atoms with van der Waals surface area (Å²) in [5.41, 5.74) is 1.85. The van der Waals surface area contributed by atoms with Crippen molar-refractivity contribution < 1.29 is 17.5 Å². The van der Waals surface area contributed by atoms with E-state index in [2.05, 4.69) is 19.9 Å². The molecule has 1 aliphatic heterocycles. The van der Waals surface area contributed by atoms with Crippen LogP contribution in [0.25, 0.3) is 10.9 Å². The van der Waals surface area contributed by atoms with Gasteiger partial charge in [-0.05, 0) is 67.3 Å². The number of nitrogens with one attached hydrogen (secondary N) is 3. The first-order valence-electron chi connectivity index (χ1n) is 11.4. The Hall–Kier alpha value is -2.46. The smallest absolute Gasteiger partial charge is 0.240 e. The maximum absolute atomic E-state index is 13.5. The van der Waals surface area contributed by atoms with Crippen LogP contribution in [0.4, 0.5) is 4.39 Å². The van der Waals surface area contributed by atoms with Crippen molar-refractivity contribution in [3.63, 3.8) is 0 Å². The van der Waals surface area contributed by atoms with Crippen LogP contribution in [0.15, 0.2) is 53.6 Å². The second-order valence-corrected chi connectivity index (χ2v) is 10.0. The molecule has 0 spiro atoms. The van der Waals surface area contributed by atoms with Gasteiger partial charge in [-0.15, -0.1) is 0 Å². The van der Waals surface area contributed by atoms with Gasteiger partial charge in [-0.2, -0.15) is 0 Å². The van der Waals surface area contributed by atoms with Crippen molar-refractivity contribution in [1.29, 1.82) is 0 Å². The maximum atomic E-state index is 13.5. The second-order valence-electron chi connectivity index (χ2n) is 8.27. The molecule has 0 bridgehead atoms. The summed E-state index contributed by atoms with van der Waals surface area (Å²) in [4.78, 5) is 5.74. The lowest BCUT2D eigenvalue weighted by atomic mass is 10.1. The molecule has 3 N–H and O–H groups in total. The van der Waals surface area contributed by atoms with Gasteiger partial charge < -0.3 is 19.9 Å². The van der Waals surface area contributed by atoms with Crippen molar-refractivity contribution in [1.82, 2.24) is 19.9 Å². The number of benzene rings is 2. The molecule has 1 aliphatic rings. The van der Waals surface area contributed by atoms with Crippen LogP contribution in [-0.2, 0) is 16.4 Å². The van der Waals surface area contributed by atoms with Crippen molar-refractivity contribution in [3.8, 4) is 5.75 Å². The highest BCUT2D eigenvalue weighted by molar-refractivity contribution is 7.89. The molecule has 0 amide bonds. The zero-order valence-electron chi connectivity index (χ0n) is 18.6. The minimum Gasteiger partial charge on any atom is -0.494 e. The van der Waals surface area contributed by atoms with Crippen LogP contribution >= 0.6 is 0 Å². The molecule has 1 fully saturated rings. The topological polar surface area (TPSA) is 86.5 Å². The number of aromatic amines is 1. The fourth-order valence-electron chi connectivity index (χ4n) is 4.05. The molecule has 1 saturated heterocycles. The largest absolute Gasteiger partial charge is 0.494 e. The fraction of sp³-hybridized carbons (Fsp3) is 0.417. The number of nitrogens with zero attached hydrogens (tertiary/aromatic N) is 1. The number of halogens is 1. The molecular weight excluding hydrogens is 443 g/mol. The number of sulfonamides is 1. The summed E-state index contributed by atoms with van der Waals surface area (Å²) < 4.78 is 47.1. The summed E-state index contributed by atoms with van der Waals surface area (Å²) in [7, 11) is -3.59. The van der Waals surface area contributed by atoms with Crippen LogP contribution in [0.5, 0.6) is 5.75 Å². The molecule has 3 aromatic rings. The number of H-pyrrole nitrogens is 1. The highest BCUT2D eigenvalue weighted by Crippen LogP contribution is 2.21. The van der Waals surface area contributed by atoms with Gasteiger partial charge >= 0.3 is 0 Å². The number of ether oxygens (including phenoxy) is 1. The Bertz CT molecular complexity index is 1140. The van der Waals surface area contributed by atoms with E-state index in [1.165, 1.54) is 12.1 Å². The highest BCUT2D eigenvalue weighted by atomic mass is 32.2. The average molecular weight is 475 g/mol. The number of aromatic nitrogens is 1. The monoisotopic (exact) mass is 474 g/mol. The predicted octanol–water partition coefficient (Wildman–Crippen LogP) is 2.89. The first-order valence-corrected chi connectivity index (χ1v) is 12.9. The van der Waals surface area contributed by atoms with Gasteiger partial charge in [0.2, 0.25) is 10.0 Å². The highest BCUT2D eigenvalue weighted by Gasteiger charge is 2.14. The third kappa shape index (κ3) is 6.54. The van der Waals surface area contributed by atoms with Crippen LogP contribution < -0.4 is 14.8 Å². The molecule has 7 nitrogen and oxygen atoms in total. The minimum absolute atomic E-state index is 0.213. The van der Waals surface area contributed by atoms with E-state index in [0.29, 0.717) is 31.7 Å². The van der Waals surface area contributed by atoms with Gasteiger partial charge in [-0.25, -0.2) is 17.5 Å². The molecule has 2 heterocycles. The zero-order valence-corrected chi connectivity index (χ0v) is 19.5. The van der Waals surface area contributed by atoms with Crippen LogP contribution in [0, 0.1) is 5.82 Å². The normalized spacial score (nSPS) is 15.2. The van der Waals surface area contributed by atoms with Crippen molar-refractivity contribution in [2.75, 3.05) is 45.9 Å². The molecular formula is C24H31FN4O3S. The predicted molar refractivity (Wildman–Crippen MR) is 128 cm³/mol. The van der Waals surface area contributed by atoms with Crippen molar-refractivity contribution in [2.24, 2.45) is 0 Å². The molecule has 178 valence electrons. The van der Waals surface area contributed by atoms with Crippen molar-refractivity contribution in [2.45, 2.75) is 24.2 Å². The number of piperazine rings is 1. The molecule has 2 aromatic carbocycles. The van der Waals surface area contributed by atoms with E-state index < -0.39 is 10.0 Å². The molecule has 1 aromatic heterocycles. The van der Waals surface area contributed by atoms with E-state index in [1.54, 1.807) is 30.3 Å². The van der Waals surface area contributed by atoms with E-state index in [-0.39, 0.29) is 10.7 Å². The third-order valence-corrected chi connectivity index (χ3v) is 7.35. The molecule has 0 atom stereocenters. The van der Waals surface area contributed by atoms with Crippen LogP contribution in [0.2, 0.25) is 0 Å². The summed E-state index contributed by atoms with van der Waals surface area (Å²) >= 11 is 0. The number of hydrogen-bond acceptors (Lipinski definition) is 5. The van der Waals surface area contributed by atoms with Gasteiger partial charge in [0.15, 0.2) is 0 Å². The lowest BCUT2D eigenvalue weighted by molar-refractivity contribution is 0.214. The second kappa shape index (κ2) is 11.1. The van der Waals surface area contributed by atoms with Gasteiger partial charge in [-0.1, -0.05) is 0 Å². The Morgan fingerprint density at radius 2 is 1.85 bits per heavy atom. The van der Waals surface area contributed by atoms with Crippen LogP contribution in [-0.4, -0.2) is 64.2 Å². The van der Waals surface area contributed by atoms with E-state index in [1.807, 2.05) is 6.20 Å². The lowest BCUT2D eigenvalue weighted by Crippen LogP contribution is -2.43. The lowest BCUT2D eigenvalue weighted by Gasteiger charge is -2.26. The first kappa shape index (κ1) is 23.7. The average Bonchev–Trinajstić information content (AvgIpc) is 3.22. The van der Waals surface area contributed by atoms with Crippen molar-refractivity contribution >= 4 is 20.9 Å². The summed E-state index contributed by atoms with van der Waals surface area (Å²) in [5, 5.41) is 4.17. The molecule has 0 aliphatic carbocycles. The van der Waals surface area contributed by atoms with Gasteiger partial charge in [0.25, 0.3) is 0 Å². The summed E-state index contributed by atoms with van der Waals surface area (Å²) in [6.07, 6.45) is 4.04. The molecule has 0 radical (unpaired) electrons. The Kier molecular flexibility index (Phi) is 7.97. The van der Waals surface area contributed by atoms with E-state index >= 15 is 0 Å². The van der Waals surface area contributed by atoms with E-state index in [0.717, 1.165) is 55.6 Å². The summed E-state index contributed by atoms with van der Waals surface area (Å²) in [6.45, 7) is 6.12. The van der Waals surface area contributed by atoms with E-state index in [9.17, 15) is 12.8 Å². The van der Waals surface area contributed by atoms with Gasteiger partial charge in [0.1, 0.15) is 11.6 Å². The number of fused-ring (bicyclic) bond motifs is 1. The number of aryl methyl sites for hydroxylation is 1. The Morgan fingerprint density at radius 3 is 2.64 bits per heavy atom. The molecule has 0 unspecified atom stereocenters. The fourth-order valence-corrected chi connectivity index (χ4v) is 5.13.